The fraction of sp³-hybridized carbons (Fsp3) is 0.800. The molecule has 0 aromatic carbocycles. The third-order valence-corrected chi connectivity index (χ3v) is 0.408. The molecule has 1 nitrogen and oxygen atoms in total. The van der Waals surface area contributed by atoms with Gasteiger partial charge >= 0.3 is 60.3 Å². The van der Waals surface area contributed by atoms with Crippen LogP contribution in [0.5, 0.6) is 0 Å². The Morgan fingerprint density at radius 2 is 1.27 bits per heavy atom. The van der Waals surface area contributed by atoms with Gasteiger partial charge in [0.25, 0.3) is 0 Å². The number of halogens is 3. The van der Waals surface area contributed by atoms with Gasteiger partial charge in [0.1, 0.15) is 0 Å². The van der Waals surface area contributed by atoms with Crippen LogP contribution < -0.4 is 18.9 Å². The predicted octanol–water partition coefficient (Wildman–Crippen LogP) is 0.563. The molecule has 0 unspecified atom stereocenters. The summed E-state index contributed by atoms with van der Waals surface area (Å²) in [5.41, 5.74) is 0. The molecule has 0 atom stereocenters. The predicted molar refractivity (Wildman–Crippen MR) is 46.1 cm³/mol. The smallest absolute Gasteiger partial charge is 1.00 e. The molecule has 11 heavy (non-hydrogen) atoms. The number of hydrogen-bond acceptors (Lipinski definition) is 1. The zero-order chi connectivity index (χ0) is 7.70. The van der Waals surface area contributed by atoms with Crippen LogP contribution in [0, 0.1) is 7.43 Å². The van der Waals surface area contributed by atoms with Crippen molar-refractivity contribution in [3.8, 4) is 0 Å². The summed E-state index contributed by atoms with van der Waals surface area (Å²) in [4.78, 5) is 0. The van der Waals surface area contributed by atoms with E-state index in [0.717, 1.165) is 13.2 Å². The average Bonchev–Trinajstić information content (AvgIpc) is 1.66. The van der Waals surface area contributed by atoms with Crippen LogP contribution in [-0.4, -0.2) is 13.2 Å². The minimum Gasteiger partial charge on any atom is 1.00 e. The van der Waals surface area contributed by atoms with E-state index in [9.17, 15) is 0 Å². The molecule has 0 aliphatic heterocycles. The molecule has 0 fully saturated rings. The standard InChI is InChI=1S/C4H10O.CH3.3ClH.Fe.Li/c1-3-5-4-2;;;;;;/h3-4H2,1-2H3;1H3;3*1H;;/q;-1;;;;+3;+1/p-3. The van der Waals surface area contributed by atoms with Crippen LogP contribution in [0.25, 0.3) is 0 Å². The molecule has 0 spiro atoms. The summed E-state index contributed by atoms with van der Waals surface area (Å²) in [5.74, 6) is 0. The first-order valence-corrected chi connectivity index (χ1v) is 6.95. The van der Waals surface area contributed by atoms with E-state index >= 15 is 0 Å². The van der Waals surface area contributed by atoms with Crippen LogP contribution in [0.4, 0.5) is 0 Å². The summed E-state index contributed by atoms with van der Waals surface area (Å²) >= 11 is -1.33. The second kappa shape index (κ2) is 22.7. The maximum Gasteiger partial charge on any atom is 1.00 e. The first kappa shape index (κ1) is 23.1. The van der Waals surface area contributed by atoms with Gasteiger partial charge in [-0.15, -0.1) is 0 Å². The van der Waals surface area contributed by atoms with E-state index in [1.807, 2.05) is 13.8 Å². The number of rotatable bonds is 2. The average molecular weight is 258 g/mol. The van der Waals surface area contributed by atoms with E-state index in [2.05, 4.69) is 0 Å². The van der Waals surface area contributed by atoms with Gasteiger partial charge in [-0.25, -0.2) is 0 Å². The van der Waals surface area contributed by atoms with Crippen LogP contribution in [0.2, 0.25) is 0 Å². The molecule has 0 heterocycles. The third-order valence-electron chi connectivity index (χ3n) is 0.408. The molecule has 6 heteroatoms. The van der Waals surface area contributed by atoms with Crippen molar-refractivity contribution < 1.29 is 34.8 Å². The molecule has 0 aromatic heterocycles. The fourth-order valence-electron chi connectivity index (χ4n) is 0.204. The Labute approximate surface area is 98.8 Å². The molecular weight excluding hydrogens is 245 g/mol. The van der Waals surface area contributed by atoms with Gasteiger partial charge in [0, 0.05) is 13.2 Å². The quantitative estimate of drug-likeness (QED) is 0.519. The molecule has 0 aromatic rings. The Bertz CT molecular complexity index is 46.0. The van der Waals surface area contributed by atoms with E-state index < -0.39 is 11.2 Å². The van der Waals surface area contributed by atoms with Gasteiger partial charge in [-0.1, -0.05) is 0 Å². The summed E-state index contributed by atoms with van der Waals surface area (Å²) in [6.07, 6.45) is 0. The molecule has 0 aliphatic rings. The Balaban J connectivity index is -0.0000000383. The van der Waals surface area contributed by atoms with Gasteiger partial charge in [0.05, 0.1) is 0 Å². The van der Waals surface area contributed by atoms with Gasteiger partial charge in [0.15, 0.2) is 0 Å². The van der Waals surface area contributed by atoms with E-state index in [1.165, 1.54) is 0 Å². The molecule has 0 saturated heterocycles. The topological polar surface area (TPSA) is 9.23 Å². The summed E-state index contributed by atoms with van der Waals surface area (Å²) in [6.45, 7) is 5.67. The minimum absolute atomic E-state index is 0. The number of ether oxygens (including phenoxy) is 1. The zero-order valence-corrected chi connectivity index (χ0v) is 10.7. The van der Waals surface area contributed by atoms with Gasteiger partial charge in [-0.2, -0.15) is 0 Å². The first-order valence-electron chi connectivity index (χ1n) is 2.39. The van der Waals surface area contributed by atoms with E-state index in [-0.39, 0.29) is 26.3 Å². The van der Waals surface area contributed by atoms with E-state index in [1.54, 1.807) is 0 Å². The maximum absolute atomic E-state index is 4.89. The van der Waals surface area contributed by atoms with Crippen LogP contribution in [0.1, 0.15) is 13.8 Å². The first-order chi connectivity index (χ1) is 4.15. The molecule has 0 saturated carbocycles. The van der Waals surface area contributed by atoms with E-state index in [4.69, 9.17) is 35.0 Å². The minimum atomic E-state index is -1.33. The van der Waals surface area contributed by atoms with Gasteiger partial charge in [0.2, 0.25) is 0 Å². The Hall–Kier alpha value is 1.95. The van der Waals surface area contributed by atoms with Crippen molar-refractivity contribution >= 4 is 30.3 Å². The Morgan fingerprint density at radius 1 is 1.09 bits per heavy atom. The molecular formula is C5H13Cl3FeLiO. The molecule has 0 bridgehead atoms. The molecule has 0 rings (SSSR count). The maximum atomic E-state index is 4.89. The van der Waals surface area contributed by atoms with Crippen molar-refractivity contribution in [2.45, 2.75) is 13.8 Å². The normalized spacial score (nSPS) is 7.91. The third kappa shape index (κ3) is 75.9. The van der Waals surface area contributed by atoms with Crippen molar-refractivity contribution in [3.63, 3.8) is 0 Å². The van der Waals surface area contributed by atoms with Crippen molar-refractivity contribution in [1.82, 2.24) is 0 Å². The second-order valence-electron chi connectivity index (χ2n) is 0.933. The summed E-state index contributed by atoms with van der Waals surface area (Å²) in [7, 11) is 14.7. The molecule has 0 radical (unpaired) electrons. The van der Waals surface area contributed by atoms with Crippen molar-refractivity contribution in [1.29, 1.82) is 0 Å². The van der Waals surface area contributed by atoms with Crippen molar-refractivity contribution in [3.05, 3.63) is 7.43 Å². The van der Waals surface area contributed by atoms with Gasteiger partial charge < -0.3 is 12.2 Å². The van der Waals surface area contributed by atoms with Crippen LogP contribution in [0.15, 0.2) is 0 Å². The van der Waals surface area contributed by atoms with Crippen LogP contribution in [-0.2, 0) is 15.9 Å². The molecule has 0 amide bonds. The number of hydrogen-bond donors (Lipinski definition) is 0. The fourth-order valence-corrected chi connectivity index (χ4v) is 0.204. The SMILES string of the molecule is CCOCC.[CH3-].[Cl][Fe]([Cl])[Cl].[Li+]. The Morgan fingerprint density at radius 3 is 1.27 bits per heavy atom. The Kier molecular flexibility index (Phi) is 47.6. The monoisotopic (exact) mass is 257 g/mol. The largest absolute Gasteiger partial charge is 1.00 e. The molecule has 0 N–H and O–H groups in total. The summed E-state index contributed by atoms with van der Waals surface area (Å²) in [5, 5.41) is 0. The second-order valence-corrected chi connectivity index (χ2v) is 6.40. The van der Waals surface area contributed by atoms with Crippen molar-refractivity contribution in [2.24, 2.45) is 0 Å². The molecule has 69 valence electrons. The van der Waals surface area contributed by atoms with Crippen LogP contribution >= 0.6 is 30.3 Å². The summed E-state index contributed by atoms with van der Waals surface area (Å²) < 4.78 is 4.83. The zero-order valence-electron chi connectivity index (χ0n) is 7.31. The van der Waals surface area contributed by atoms with E-state index in [0.29, 0.717) is 0 Å². The molecule has 0 aliphatic carbocycles. The summed E-state index contributed by atoms with van der Waals surface area (Å²) in [6, 6.07) is 0. The van der Waals surface area contributed by atoms with Gasteiger partial charge in [-0.3, -0.25) is 0 Å². The van der Waals surface area contributed by atoms with Gasteiger partial charge in [-0.05, 0) is 13.8 Å². The van der Waals surface area contributed by atoms with Crippen LogP contribution in [0.3, 0.4) is 0 Å². The van der Waals surface area contributed by atoms with Crippen molar-refractivity contribution in [2.75, 3.05) is 13.2 Å².